The lowest BCUT2D eigenvalue weighted by Crippen LogP contribution is -2.85. The van der Waals surface area contributed by atoms with Crippen molar-refractivity contribution in [1.29, 1.82) is 0 Å². The Morgan fingerprint density at radius 2 is 1.63 bits per heavy atom. The van der Waals surface area contributed by atoms with E-state index < -0.39 is 15.6 Å². The average Bonchev–Trinajstić information content (AvgIpc) is 2.60. The highest BCUT2D eigenvalue weighted by atomic mass is 32.2. The van der Waals surface area contributed by atoms with Crippen LogP contribution in [0.2, 0.25) is 0 Å². The molecule has 0 aromatic heterocycles. The highest BCUT2D eigenvalue weighted by Gasteiger charge is 2.68. The van der Waals surface area contributed by atoms with Gasteiger partial charge in [-0.05, 0) is 17.7 Å². The molecule has 2 atom stereocenters. The summed E-state index contributed by atoms with van der Waals surface area (Å²) in [5.41, 5.74) is 0.937. The Bertz CT molecular complexity index is 940. The third-order valence-corrected chi connectivity index (χ3v) is 6.93. The molecular weight excluding hydrogens is 364 g/mol. The van der Waals surface area contributed by atoms with Gasteiger partial charge in [-0.15, -0.1) is 0 Å². The Morgan fingerprint density at radius 3 is 2.15 bits per heavy atom. The number of hydrogen-bond donors (Lipinski definition) is 1. The number of carbonyl (C=O) groups excluding carboxylic acids is 1. The molecule has 1 N–H and O–H groups in total. The molecule has 0 aliphatic carbocycles. The van der Waals surface area contributed by atoms with Crippen LogP contribution in [0.5, 0.6) is 0 Å². The largest absolute Gasteiger partial charge is 0.394 e. The molecule has 142 valence electrons. The van der Waals surface area contributed by atoms with Crippen molar-refractivity contribution in [2.24, 2.45) is 0 Å². The van der Waals surface area contributed by atoms with E-state index >= 15 is 0 Å². The first-order chi connectivity index (χ1) is 12.9. The fraction of sp³-hybridized carbons (Fsp3) is 0.350. The van der Waals surface area contributed by atoms with E-state index in [2.05, 4.69) is 0 Å². The lowest BCUT2D eigenvalue weighted by molar-refractivity contribution is -0.142. The van der Waals surface area contributed by atoms with E-state index in [4.69, 9.17) is 0 Å². The molecule has 0 radical (unpaired) electrons. The number of amides is 1. The van der Waals surface area contributed by atoms with Crippen LogP contribution >= 0.6 is 0 Å². The van der Waals surface area contributed by atoms with Crippen LogP contribution in [-0.2, 0) is 10.0 Å². The maximum Gasteiger partial charge on any atom is 0.254 e. The van der Waals surface area contributed by atoms with Gasteiger partial charge in [0.25, 0.3) is 5.91 Å². The molecule has 2 saturated heterocycles. The first kappa shape index (κ1) is 18.2. The molecule has 2 heterocycles. The molecule has 27 heavy (non-hydrogen) atoms. The fourth-order valence-electron chi connectivity index (χ4n) is 4.51. The summed E-state index contributed by atoms with van der Waals surface area (Å²) in [5, 5.41) is 10.0. The number of carbonyl (C=O) groups is 1. The third-order valence-electron chi connectivity index (χ3n) is 5.73. The highest BCUT2D eigenvalue weighted by Crippen LogP contribution is 2.54. The molecule has 1 amide bonds. The van der Waals surface area contributed by atoms with Crippen molar-refractivity contribution >= 4 is 15.9 Å². The molecule has 6 nitrogen and oxygen atoms in total. The second-order valence-corrected chi connectivity index (χ2v) is 9.30. The molecule has 0 bridgehead atoms. The number of aliphatic hydroxyl groups excluding tert-OH is 1. The van der Waals surface area contributed by atoms with E-state index in [0.29, 0.717) is 5.56 Å². The number of hydrogen-bond acceptors (Lipinski definition) is 4. The molecule has 4 rings (SSSR count). The van der Waals surface area contributed by atoms with Gasteiger partial charge in [0.2, 0.25) is 10.0 Å². The van der Waals surface area contributed by atoms with Crippen LogP contribution < -0.4 is 0 Å². The fourth-order valence-corrected chi connectivity index (χ4v) is 5.42. The van der Waals surface area contributed by atoms with Crippen molar-refractivity contribution in [2.45, 2.75) is 17.5 Å². The summed E-state index contributed by atoms with van der Waals surface area (Å²) in [6.45, 7) is 0.333. The number of sulfonamides is 1. The van der Waals surface area contributed by atoms with Gasteiger partial charge in [-0.3, -0.25) is 4.79 Å². The van der Waals surface area contributed by atoms with Gasteiger partial charge in [0, 0.05) is 24.6 Å². The van der Waals surface area contributed by atoms with Gasteiger partial charge in [-0.2, -0.15) is 4.31 Å². The lowest BCUT2D eigenvalue weighted by atomic mass is 9.61. The van der Waals surface area contributed by atoms with Crippen molar-refractivity contribution < 1.29 is 18.3 Å². The number of likely N-dealkylation sites (tertiary alicyclic amines) is 1. The van der Waals surface area contributed by atoms with Crippen molar-refractivity contribution in [2.75, 3.05) is 26.0 Å². The van der Waals surface area contributed by atoms with E-state index in [1.165, 1.54) is 10.6 Å². The molecule has 0 unspecified atom stereocenters. The van der Waals surface area contributed by atoms with Gasteiger partial charge in [-0.1, -0.05) is 48.5 Å². The minimum atomic E-state index is -3.32. The molecule has 0 saturated carbocycles. The van der Waals surface area contributed by atoms with E-state index in [1.54, 1.807) is 29.2 Å². The van der Waals surface area contributed by atoms with Crippen LogP contribution in [0.1, 0.15) is 21.8 Å². The molecule has 2 aromatic carbocycles. The molecule has 2 fully saturated rings. The Balaban J connectivity index is 1.73. The summed E-state index contributed by atoms with van der Waals surface area (Å²) in [4.78, 5) is 14.9. The standard InChI is InChI=1S/C20H22N2O4S/c1-27(25,26)21-13-20(14-21)18(15-8-4-2-5-9-15)17(12-23)22(20)19(24)16-10-6-3-7-11-16/h2-11,17-18,23H,12-14H2,1H3/t17-,18+/m1/s1. The molecule has 2 aromatic rings. The van der Waals surface area contributed by atoms with E-state index in [1.807, 2.05) is 36.4 Å². The molecule has 1 spiro atoms. The second kappa shape index (κ2) is 6.44. The molecular formula is C20H22N2O4S. The highest BCUT2D eigenvalue weighted by molar-refractivity contribution is 7.88. The summed E-state index contributed by atoms with van der Waals surface area (Å²) in [6, 6.07) is 18.3. The van der Waals surface area contributed by atoms with Gasteiger partial charge in [0.1, 0.15) is 0 Å². The molecule has 7 heteroatoms. The Hall–Kier alpha value is -2.22. The van der Waals surface area contributed by atoms with Gasteiger partial charge in [0.05, 0.1) is 24.4 Å². The summed E-state index contributed by atoms with van der Waals surface area (Å²) in [6.07, 6.45) is 1.18. The van der Waals surface area contributed by atoms with Crippen LogP contribution in [0.3, 0.4) is 0 Å². The van der Waals surface area contributed by atoms with Gasteiger partial charge >= 0.3 is 0 Å². The van der Waals surface area contributed by atoms with E-state index in [-0.39, 0.29) is 37.6 Å². The number of benzene rings is 2. The maximum absolute atomic E-state index is 13.2. The smallest absolute Gasteiger partial charge is 0.254 e. The summed E-state index contributed by atoms with van der Waals surface area (Å²) in [5.74, 6) is -0.274. The van der Waals surface area contributed by atoms with E-state index in [9.17, 15) is 18.3 Å². The number of aliphatic hydroxyl groups is 1. The van der Waals surface area contributed by atoms with Crippen molar-refractivity contribution in [3.8, 4) is 0 Å². The lowest BCUT2D eigenvalue weighted by Gasteiger charge is -2.70. The first-order valence-electron chi connectivity index (χ1n) is 8.88. The average molecular weight is 386 g/mol. The Labute approximate surface area is 159 Å². The summed E-state index contributed by atoms with van der Waals surface area (Å²) < 4.78 is 25.3. The van der Waals surface area contributed by atoms with Crippen LogP contribution in [0, 0.1) is 0 Å². The SMILES string of the molecule is CS(=O)(=O)N1CC2(C1)[C@@H](c1ccccc1)[C@@H](CO)N2C(=O)c1ccccc1. The zero-order valence-electron chi connectivity index (χ0n) is 15.0. The molecule has 2 aliphatic heterocycles. The Kier molecular flexibility index (Phi) is 4.33. The molecule has 2 aliphatic rings. The van der Waals surface area contributed by atoms with E-state index in [0.717, 1.165) is 5.56 Å². The number of rotatable bonds is 4. The van der Waals surface area contributed by atoms with Crippen LogP contribution in [-0.4, -0.2) is 66.2 Å². The third kappa shape index (κ3) is 2.77. The quantitative estimate of drug-likeness (QED) is 0.859. The zero-order chi connectivity index (χ0) is 19.2. The maximum atomic E-state index is 13.2. The zero-order valence-corrected chi connectivity index (χ0v) is 15.8. The van der Waals surface area contributed by atoms with Gasteiger partial charge in [0.15, 0.2) is 0 Å². The van der Waals surface area contributed by atoms with Crippen molar-refractivity contribution in [3.05, 3.63) is 71.8 Å². The monoisotopic (exact) mass is 386 g/mol. The van der Waals surface area contributed by atoms with Crippen LogP contribution in [0.4, 0.5) is 0 Å². The van der Waals surface area contributed by atoms with Crippen LogP contribution in [0.25, 0.3) is 0 Å². The first-order valence-corrected chi connectivity index (χ1v) is 10.7. The van der Waals surface area contributed by atoms with Crippen molar-refractivity contribution in [1.82, 2.24) is 9.21 Å². The van der Waals surface area contributed by atoms with Crippen LogP contribution in [0.15, 0.2) is 60.7 Å². The summed E-state index contributed by atoms with van der Waals surface area (Å²) >= 11 is 0. The summed E-state index contributed by atoms with van der Waals surface area (Å²) in [7, 11) is -3.32. The van der Waals surface area contributed by atoms with Gasteiger partial charge < -0.3 is 10.0 Å². The predicted octanol–water partition coefficient (Wildman–Crippen LogP) is 1.30. The topological polar surface area (TPSA) is 77.9 Å². The predicted molar refractivity (Wildman–Crippen MR) is 102 cm³/mol. The minimum Gasteiger partial charge on any atom is -0.394 e. The number of nitrogens with zero attached hydrogens (tertiary/aromatic N) is 2. The van der Waals surface area contributed by atoms with Gasteiger partial charge in [-0.25, -0.2) is 8.42 Å². The normalized spacial score (nSPS) is 24.3. The Morgan fingerprint density at radius 1 is 1.07 bits per heavy atom. The second-order valence-electron chi connectivity index (χ2n) is 7.31. The van der Waals surface area contributed by atoms with Crippen molar-refractivity contribution in [3.63, 3.8) is 0 Å². The minimum absolute atomic E-state index is 0.102.